The quantitative estimate of drug-likeness (QED) is 0.185. The van der Waals surface area contributed by atoms with Crippen molar-refractivity contribution in [1.29, 1.82) is 0 Å². The zero-order chi connectivity index (χ0) is 33.6. The summed E-state index contributed by atoms with van der Waals surface area (Å²) in [7, 11) is 0. The van der Waals surface area contributed by atoms with Gasteiger partial charge in [-0.05, 0) is 85.0 Å². The Labute approximate surface area is 298 Å². The fourth-order valence-corrected chi connectivity index (χ4v) is 9.77. The topological polar surface area (TPSA) is 9.23 Å². The number of hydrogen-bond acceptors (Lipinski definition) is 1. The molecule has 0 amide bonds. The third kappa shape index (κ3) is 3.60. The highest BCUT2D eigenvalue weighted by Gasteiger charge is 2.52. The molecule has 1 heterocycles. The van der Waals surface area contributed by atoms with Gasteiger partial charge in [-0.2, -0.15) is 0 Å². The average molecular weight is 649 g/mol. The smallest absolute Gasteiger partial charge is 0.132 e. The first-order valence-electron chi connectivity index (χ1n) is 17.8. The molecule has 238 valence electrons. The number of ether oxygens (including phenoxy) is 1. The molecule has 11 rings (SSSR count). The maximum Gasteiger partial charge on any atom is 0.132 e. The third-order valence-electron chi connectivity index (χ3n) is 11.6. The van der Waals surface area contributed by atoms with Gasteiger partial charge in [-0.15, -0.1) is 0 Å². The SMILES string of the molecule is c1ccc(C2(c3ccccc3)c3ccccc3Oc3cccc(-c4ccc5c(c4)C4(c6ccccc6-c6ccccc64)c4ccccc4-5)c32)cc1. The highest BCUT2D eigenvalue weighted by Crippen LogP contribution is 2.64. The zero-order valence-corrected chi connectivity index (χ0v) is 27.9. The number of hydrogen-bond donors (Lipinski definition) is 0. The molecule has 0 bridgehead atoms. The normalized spacial score (nSPS) is 14.7. The third-order valence-corrected chi connectivity index (χ3v) is 11.6. The van der Waals surface area contributed by atoms with Crippen LogP contribution < -0.4 is 4.74 Å². The van der Waals surface area contributed by atoms with E-state index in [1.165, 1.54) is 66.8 Å². The van der Waals surface area contributed by atoms with E-state index in [-0.39, 0.29) is 0 Å². The summed E-state index contributed by atoms with van der Waals surface area (Å²) in [6.45, 7) is 0. The van der Waals surface area contributed by atoms with Gasteiger partial charge in [0, 0.05) is 11.1 Å². The molecule has 3 aliphatic rings. The summed E-state index contributed by atoms with van der Waals surface area (Å²) in [6, 6.07) is 71.4. The van der Waals surface area contributed by atoms with Gasteiger partial charge in [-0.3, -0.25) is 0 Å². The van der Waals surface area contributed by atoms with Gasteiger partial charge in [0.05, 0.1) is 10.8 Å². The number of benzene rings is 8. The predicted octanol–water partition coefficient (Wildman–Crippen LogP) is 12.2. The van der Waals surface area contributed by atoms with Crippen molar-refractivity contribution < 1.29 is 4.74 Å². The summed E-state index contributed by atoms with van der Waals surface area (Å²) in [5, 5.41) is 0. The Kier molecular flexibility index (Phi) is 5.86. The standard InChI is InChI=1S/C50H32O/c1-3-16-34(17-4-1)49(35-18-5-2-6-19-35)44-27-13-14-28-46(44)51-47-29-15-23-36(48(47)49)33-30-31-40-39-22-9-12-26-43(39)50(45(40)32-33)41-24-10-7-20-37(41)38-21-8-11-25-42(38)50/h1-32H. The molecule has 0 N–H and O–H groups in total. The Balaban J connectivity index is 1.25. The lowest BCUT2D eigenvalue weighted by Gasteiger charge is -2.42. The summed E-state index contributed by atoms with van der Waals surface area (Å²) in [4.78, 5) is 0. The van der Waals surface area contributed by atoms with E-state index >= 15 is 0 Å². The van der Waals surface area contributed by atoms with Crippen molar-refractivity contribution in [3.05, 3.63) is 239 Å². The molecular formula is C50H32O. The first-order valence-corrected chi connectivity index (χ1v) is 17.8. The van der Waals surface area contributed by atoms with E-state index < -0.39 is 10.8 Å². The van der Waals surface area contributed by atoms with E-state index in [0.717, 1.165) is 22.6 Å². The molecule has 0 saturated carbocycles. The van der Waals surface area contributed by atoms with Crippen molar-refractivity contribution in [2.45, 2.75) is 10.8 Å². The minimum atomic E-state index is -0.616. The zero-order valence-electron chi connectivity index (χ0n) is 27.9. The molecule has 0 aromatic heterocycles. The molecule has 1 nitrogen and oxygen atoms in total. The fraction of sp³-hybridized carbons (Fsp3) is 0.0400. The van der Waals surface area contributed by atoms with Crippen LogP contribution in [0.3, 0.4) is 0 Å². The van der Waals surface area contributed by atoms with Crippen molar-refractivity contribution in [2.24, 2.45) is 0 Å². The Morgan fingerprint density at radius 1 is 0.294 bits per heavy atom. The second-order valence-electron chi connectivity index (χ2n) is 13.9. The van der Waals surface area contributed by atoms with Crippen LogP contribution in [0.4, 0.5) is 0 Å². The van der Waals surface area contributed by atoms with Gasteiger partial charge in [0.25, 0.3) is 0 Å². The van der Waals surface area contributed by atoms with Gasteiger partial charge in [0.2, 0.25) is 0 Å². The Hall–Kier alpha value is -6.44. The van der Waals surface area contributed by atoms with Crippen molar-refractivity contribution in [3.8, 4) is 44.9 Å². The van der Waals surface area contributed by atoms with E-state index in [4.69, 9.17) is 4.74 Å². The van der Waals surface area contributed by atoms with Crippen LogP contribution in [0.2, 0.25) is 0 Å². The van der Waals surface area contributed by atoms with Crippen LogP contribution in [-0.2, 0) is 10.8 Å². The maximum absolute atomic E-state index is 6.87. The molecule has 2 aliphatic carbocycles. The van der Waals surface area contributed by atoms with Gasteiger partial charge in [-0.1, -0.05) is 176 Å². The molecule has 0 saturated heterocycles. The Morgan fingerprint density at radius 2 is 0.745 bits per heavy atom. The Bertz CT molecular complexity index is 2570. The van der Waals surface area contributed by atoms with Crippen LogP contribution in [0.1, 0.15) is 44.5 Å². The number of para-hydroxylation sites is 1. The van der Waals surface area contributed by atoms with Gasteiger partial charge in [-0.25, -0.2) is 0 Å². The van der Waals surface area contributed by atoms with Gasteiger partial charge in [0.15, 0.2) is 0 Å². The molecule has 0 radical (unpaired) electrons. The van der Waals surface area contributed by atoms with Crippen LogP contribution in [0, 0.1) is 0 Å². The monoisotopic (exact) mass is 648 g/mol. The van der Waals surface area contributed by atoms with Crippen LogP contribution >= 0.6 is 0 Å². The summed E-state index contributed by atoms with van der Waals surface area (Å²) < 4.78 is 6.87. The maximum atomic E-state index is 6.87. The minimum Gasteiger partial charge on any atom is -0.457 e. The molecular weight excluding hydrogens is 617 g/mol. The Morgan fingerprint density at radius 3 is 1.33 bits per heavy atom. The lowest BCUT2D eigenvalue weighted by Crippen LogP contribution is -2.34. The molecule has 8 aromatic rings. The molecule has 0 fully saturated rings. The molecule has 0 unspecified atom stereocenters. The van der Waals surface area contributed by atoms with Crippen LogP contribution in [0.15, 0.2) is 194 Å². The van der Waals surface area contributed by atoms with Crippen molar-refractivity contribution in [2.75, 3.05) is 0 Å². The van der Waals surface area contributed by atoms with E-state index in [9.17, 15) is 0 Å². The average Bonchev–Trinajstić information content (AvgIpc) is 3.67. The predicted molar refractivity (Wildman–Crippen MR) is 207 cm³/mol. The minimum absolute atomic E-state index is 0.414. The molecule has 1 spiro atoms. The second kappa shape index (κ2) is 10.5. The highest BCUT2D eigenvalue weighted by molar-refractivity contribution is 5.96. The lowest BCUT2D eigenvalue weighted by atomic mass is 9.62. The summed E-state index contributed by atoms with van der Waals surface area (Å²) in [5.74, 6) is 1.77. The summed E-state index contributed by atoms with van der Waals surface area (Å²) in [5.41, 5.74) is 16.7. The van der Waals surface area contributed by atoms with Gasteiger partial charge >= 0.3 is 0 Å². The van der Waals surface area contributed by atoms with Crippen molar-refractivity contribution in [1.82, 2.24) is 0 Å². The molecule has 8 aromatic carbocycles. The molecule has 0 atom stereocenters. The van der Waals surface area contributed by atoms with Crippen LogP contribution in [-0.4, -0.2) is 0 Å². The molecule has 1 heteroatoms. The molecule has 51 heavy (non-hydrogen) atoms. The molecule has 1 aliphatic heterocycles. The van der Waals surface area contributed by atoms with Gasteiger partial charge in [0.1, 0.15) is 11.5 Å². The van der Waals surface area contributed by atoms with E-state index in [1.54, 1.807) is 0 Å². The van der Waals surface area contributed by atoms with E-state index in [1.807, 2.05) is 0 Å². The highest BCUT2D eigenvalue weighted by atomic mass is 16.5. The van der Waals surface area contributed by atoms with E-state index in [2.05, 4.69) is 194 Å². The number of fused-ring (bicyclic) bond motifs is 12. The van der Waals surface area contributed by atoms with Gasteiger partial charge < -0.3 is 4.74 Å². The van der Waals surface area contributed by atoms with Crippen LogP contribution in [0.5, 0.6) is 11.5 Å². The summed E-state index contributed by atoms with van der Waals surface area (Å²) in [6.07, 6.45) is 0. The second-order valence-corrected chi connectivity index (χ2v) is 13.9. The van der Waals surface area contributed by atoms with Crippen molar-refractivity contribution in [3.63, 3.8) is 0 Å². The first kappa shape index (κ1) is 28.4. The number of rotatable bonds is 3. The fourth-order valence-electron chi connectivity index (χ4n) is 9.77. The first-order chi connectivity index (χ1) is 25.3. The van der Waals surface area contributed by atoms with Crippen molar-refractivity contribution >= 4 is 0 Å². The van der Waals surface area contributed by atoms with E-state index in [0.29, 0.717) is 0 Å². The van der Waals surface area contributed by atoms with Crippen LogP contribution in [0.25, 0.3) is 33.4 Å². The lowest BCUT2D eigenvalue weighted by molar-refractivity contribution is 0.435. The largest absolute Gasteiger partial charge is 0.457 e. The summed E-state index contributed by atoms with van der Waals surface area (Å²) >= 11 is 0.